The Balaban J connectivity index is 1.46. The number of fused-ring (bicyclic) bond motifs is 3. The molecule has 3 heterocycles. The maximum atomic E-state index is 16.1. The molecule has 0 radical (unpaired) electrons. The van der Waals surface area contributed by atoms with Gasteiger partial charge in [0, 0.05) is 35.2 Å². The summed E-state index contributed by atoms with van der Waals surface area (Å²) < 4.78 is 27.0. The number of amides is 1. The highest BCUT2D eigenvalue weighted by atomic mass is 35.5. The lowest BCUT2D eigenvalue weighted by Gasteiger charge is -2.51. The second-order valence-electron chi connectivity index (χ2n) is 14.3. The fourth-order valence-electron chi connectivity index (χ4n) is 8.81. The molecule has 2 aliphatic carbocycles. The van der Waals surface area contributed by atoms with Gasteiger partial charge in [-0.25, -0.2) is 14.2 Å². The van der Waals surface area contributed by atoms with Gasteiger partial charge in [0.15, 0.2) is 16.6 Å². The van der Waals surface area contributed by atoms with Gasteiger partial charge in [-0.1, -0.05) is 43.1 Å². The first-order valence-corrected chi connectivity index (χ1v) is 16.2. The minimum atomic E-state index is -1.21. The number of nitrogens with one attached hydrogen (secondary N) is 1. The third-order valence-corrected chi connectivity index (χ3v) is 11.8. The first kappa shape index (κ1) is 31.4. The molecule has 236 valence electrons. The smallest absolute Gasteiger partial charge is 0.337 e. The Morgan fingerprint density at radius 3 is 2.50 bits per heavy atom. The van der Waals surface area contributed by atoms with Crippen LogP contribution in [0.4, 0.5) is 10.1 Å². The first-order valence-electron chi connectivity index (χ1n) is 15.4. The van der Waals surface area contributed by atoms with Gasteiger partial charge < -0.3 is 14.8 Å². The molecule has 1 aromatic heterocycles. The van der Waals surface area contributed by atoms with Crippen LogP contribution in [0.2, 0.25) is 10.2 Å². The molecular weight excluding hydrogens is 606 g/mol. The Labute approximate surface area is 267 Å². The number of aromatic nitrogens is 1. The van der Waals surface area contributed by atoms with Crippen LogP contribution in [0.3, 0.4) is 0 Å². The van der Waals surface area contributed by atoms with Gasteiger partial charge in [0.1, 0.15) is 5.78 Å². The molecule has 1 N–H and O–H groups in total. The van der Waals surface area contributed by atoms with Crippen LogP contribution in [0.25, 0.3) is 0 Å². The number of benzene rings is 1. The summed E-state index contributed by atoms with van der Waals surface area (Å²) in [7, 11) is 1.33. The number of pyridine rings is 1. The SMILES string of the molecule is COC(=O)C1(C)CC[C@@H](CC(=O)[C@@H]2CC3(CCC(C)(C)CC3)[C@@]3(C(=O)Nc4cc(Cl)ccc43)[C@H]2c2ccnc(Cl)c2F)CO1. The van der Waals surface area contributed by atoms with Crippen LogP contribution in [0.15, 0.2) is 30.5 Å². The van der Waals surface area contributed by atoms with Crippen molar-refractivity contribution in [3.8, 4) is 0 Å². The third-order valence-electron chi connectivity index (χ3n) is 11.3. The number of nitrogens with zero attached hydrogens (tertiary/aromatic N) is 1. The molecule has 1 amide bonds. The van der Waals surface area contributed by atoms with Crippen LogP contribution in [-0.2, 0) is 29.3 Å². The van der Waals surface area contributed by atoms with Crippen LogP contribution >= 0.6 is 23.2 Å². The van der Waals surface area contributed by atoms with Gasteiger partial charge in [-0.2, -0.15) is 0 Å². The number of ketones is 1. The van der Waals surface area contributed by atoms with E-state index in [4.69, 9.17) is 32.7 Å². The quantitative estimate of drug-likeness (QED) is 0.269. The van der Waals surface area contributed by atoms with E-state index in [2.05, 4.69) is 24.1 Å². The average molecular weight is 646 g/mol. The number of rotatable bonds is 5. The predicted molar refractivity (Wildman–Crippen MR) is 165 cm³/mol. The average Bonchev–Trinajstić information content (AvgIpc) is 3.44. The number of methoxy groups -OCH3 is 1. The van der Waals surface area contributed by atoms with Gasteiger partial charge in [0.05, 0.1) is 19.1 Å². The Morgan fingerprint density at radius 1 is 1.11 bits per heavy atom. The van der Waals surface area contributed by atoms with E-state index >= 15 is 4.39 Å². The van der Waals surface area contributed by atoms with E-state index in [9.17, 15) is 14.4 Å². The molecule has 2 aliphatic heterocycles. The second kappa shape index (κ2) is 11.1. The maximum absolute atomic E-state index is 16.1. The normalized spacial score (nSPS) is 32.0. The topological polar surface area (TPSA) is 94.6 Å². The molecule has 2 spiro atoms. The fourth-order valence-corrected chi connectivity index (χ4v) is 9.15. The third kappa shape index (κ3) is 4.78. The highest BCUT2D eigenvalue weighted by molar-refractivity contribution is 6.31. The van der Waals surface area contributed by atoms with E-state index in [1.807, 2.05) is 6.07 Å². The van der Waals surface area contributed by atoms with Crippen molar-refractivity contribution >= 4 is 46.5 Å². The monoisotopic (exact) mass is 644 g/mol. The van der Waals surface area contributed by atoms with Crippen molar-refractivity contribution in [2.45, 2.75) is 89.1 Å². The lowest BCUT2D eigenvalue weighted by atomic mass is 9.51. The number of Topliss-reactive ketones (excluding diaryl/α,β-unsaturated/α-hetero) is 1. The molecule has 1 aromatic carbocycles. The van der Waals surface area contributed by atoms with Crippen LogP contribution in [0, 0.1) is 28.5 Å². The molecule has 1 unspecified atom stereocenters. The van der Waals surface area contributed by atoms with Crippen molar-refractivity contribution in [1.29, 1.82) is 0 Å². The number of carbonyl (C=O) groups excluding carboxylic acids is 3. The van der Waals surface area contributed by atoms with Crippen LogP contribution in [-0.4, -0.2) is 42.0 Å². The summed E-state index contributed by atoms with van der Waals surface area (Å²) in [4.78, 5) is 45.4. The van der Waals surface area contributed by atoms with Crippen molar-refractivity contribution in [3.05, 3.63) is 57.6 Å². The molecule has 2 saturated carbocycles. The molecule has 2 aromatic rings. The van der Waals surface area contributed by atoms with E-state index in [1.165, 1.54) is 13.3 Å². The molecule has 6 rings (SSSR count). The number of carbonyl (C=O) groups is 3. The number of ether oxygens (including phenoxy) is 2. The minimum absolute atomic E-state index is 0.0334. The molecule has 0 bridgehead atoms. The predicted octanol–water partition coefficient (Wildman–Crippen LogP) is 7.43. The highest BCUT2D eigenvalue weighted by Gasteiger charge is 2.72. The number of esters is 1. The number of hydrogen-bond acceptors (Lipinski definition) is 6. The van der Waals surface area contributed by atoms with Crippen LogP contribution in [0.5, 0.6) is 0 Å². The van der Waals surface area contributed by atoms with Gasteiger partial charge >= 0.3 is 5.97 Å². The molecule has 3 fully saturated rings. The van der Waals surface area contributed by atoms with E-state index in [0.29, 0.717) is 30.0 Å². The Bertz CT molecular complexity index is 1510. The zero-order valence-corrected chi connectivity index (χ0v) is 27.1. The summed E-state index contributed by atoms with van der Waals surface area (Å²) in [5.74, 6) is -2.96. The standard InChI is InChI=1S/C34H39Cl2FN2O5/c1-31(2)10-12-33(13-11-31)17-22(25(40)15-19-7-9-32(3,44-18-19)30(42)43-4)26(21-8-14-38-28(36)27(21)37)34(33)23-6-5-20(35)16-24(23)39-29(34)41/h5-6,8,14,16,19,22,26H,7,9-13,15,17-18H2,1-4H3,(H,39,41)/t19-,22-,26-,32?,34+/m0/s1. The van der Waals surface area contributed by atoms with Crippen LogP contribution in [0.1, 0.15) is 89.2 Å². The molecular formula is C34H39Cl2FN2O5. The molecule has 7 nitrogen and oxygen atoms in total. The molecule has 44 heavy (non-hydrogen) atoms. The lowest BCUT2D eigenvalue weighted by Crippen LogP contribution is -2.52. The van der Waals surface area contributed by atoms with Crippen molar-refractivity contribution < 1.29 is 28.2 Å². The summed E-state index contributed by atoms with van der Waals surface area (Å²) in [6.07, 6.45) is 6.34. The highest BCUT2D eigenvalue weighted by Crippen LogP contribution is 2.72. The zero-order valence-electron chi connectivity index (χ0n) is 25.6. The number of anilines is 1. The van der Waals surface area contributed by atoms with E-state index < -0.39 is 40.1 Å². The van der Waals surface area contributed by atoms with E-state index in [1.54, 1.807) is 25.1 Å². The van der Waals surface area contributed by atoms with Crippen molar-refractivity contribution in [2.75, 3.05) is 19.0 Å². The van der Waals surface area contributed by atoms with Gasteiger partial charge in [-0.05, 0) is 97.9 Å². The van der Waals surface area contributed by atoms with Crippen molar-refractivity contribution in [2.24, 2.45) is 22.7 Å². The van der Waals surface area contributed by atoms with Gasteiger partial charge in [0.2, 0.25) is 5.91 Å². The lowest BCUT2D eigenvalue weighted by molar-refractivity contribution is -0.176. The van der Waals surface area contributed by atoms with E-state index in [-0.39, 0.29) is 46.8 Å². The van der Waals surface area contributed by atoms with Crippen molar-refractivity contribution in [1.82, 2.24) is 4.98 Å². The summed E-state index contributed by atoms with van der Waals surface area (Å²) in [5.41, 5.74) is -1.16. The van der Waals surface area contributed by atoms with Crippen LogP contribution < -0.4 is 5.32 Å². The largest absolute Gasteiger partial charge is 0.467 e. The zero-order chi connectivity index (χ0) is 31.7. The summed E-state index contributed by atoms with van der Waals surface area (Å²) in [6, 6.07) is 6.96. The van der Waals surface area contributed by atoms with E-state index in [0.717, 1.165) is 31.2 Å². The molecule has 4 aliphatic rings. The molecule has 1 saturated heterocycles. The number of halogens is 3. The molecule has 5 atom stereocenters. The maximum Gasteiger partial charge on any atom is 0.337 e. The summed E-state index contributed by atoms with van der Waals surface area (Å²) in [6.45, 7) is 6.41. The molecule has 10 heteroatoms. The Hall–Kier alpha value is -2.55. The number of hydrogen-bond donors (Lipinski definition) is 1. The Morgan fingerprint density at radius 2 is 1.84 bits per heavy atom. The summed E-state index contributed by atoms with van der Waals surface area (Å²) in [5, 5.41) is 3.29. The summed E-state index contributed by atoms with van der Waals surface area (Å²) >= 11 is 12.6. The first-order chi connectivity index (χ1) is 20.8. The van der Waals surface area contributed by atoms with Crippen molar-refractivity contribution in [3.63, 3.8) is 0 Å². The second-order valence-corrected chi connectivity index (χ2v) is 15.1. The fraction of sp³-hybridized carbons (Fsp3) is 0.588. The van der Waals surface area contributed by atoms with Gasteiger partial charge in [-0.15, -0.1) is 0 Å². The van der Waals surface area contributed by atoms with Gasteiger partial charge in [0.25, 0.3) is 0 Å². The Kier molecular flexibility index (Phi) is 7.90. The minimum Gasteiger partial charge on any atom is -0.467 e. The van der Waals surface area contributed by atoms with Gasteiger partial charge in [-0.3, -0.25) is 9.59 Å².